The third-order valence-electron chi connectivity index (χ3n) is 3.56. The highest BCUT2D eigenvalue weighted by molar-refractivity contribution is 5.35. The maximum absolute atomic E-state index is 13.0. The van der Waals surface area contributed by atoms with Gasteiger partial charge in [-0.25, -0.2) is 4.39 Å². The molecule has 3 heteroatoms. The van der Waals surface area contributed by atoms with Gasteiger partial charge in [-0.1, -0.05) is 37.3 Å². The Hall–Kier alpha value is -1.87. The first-order chi connectivity index (χ1) is 9.61. The average Bonchev–Trinajstić information content (AvgIpc) is 2.45. The topological polar surface area (TPSA) is 32.3 Å². The fraction of sp³-hybridized carbons (Fsp3) is 0.294. The van der Waals surface area contributed by atoms with Gasteiger partial charge in [0.15, 0.2) is 0 Å². The third-order valence-corrected chi connectivity index (χ3v) is 3.56. The smallest absolute Gasteiger partial charge is 0.126 e. The number of aryl methyl sites for hydroxylation is 1. The van der Waals surface area contributed by atoms with Crippen LogP contribution in [-0.2, 0) is 13.0 Å². The van der Waals surface area contributed by atoms with Gasteiger partial charge in [-0.2, -0.15) is 0 Å². The fourth-order valence-corrected chi connectivity index (χ4v) is 2.33. The van der Waals surface area contributed by atoms with E-state index in [-0.39, 0.29) is 11.8 Å². The molecule has 1 atom stereocenters. The van der Waals surface area contributed by atoms with Crippen molar-refractivity contribution in [2.45, 2.75) is 32.9 Å². The quantitative estimate of drug-likeness (QED) is 0.864. The molecule has 0 bridgehead atoms. The molecule has 0 heterocycles. The zero-order valence-electron chi connectivity index (χ0n) is 11.9. The Labute approximate surface area is 119 Å². The van der Waals surface area contributed by atoms with Crippen molar-refractivity contribution in [3.8, 4) is 5.75 Å². The summed E-state index contributed by atoms with van der Waals surface area (Å²) in [6.45, 7) is 4.82. The molecule has 0 aliphatic rings. The van der Waals surface area contributed by atoms with Crippen molar-refractivity contribution in [2.75, 3.05) is 0 Å². The maximum atomic E-state index is 13.0. The van der Waals surface area contributed by atoms with E-state index in [1.165, 1.54) is 17.2 Å². The van der Waals surface area contributed by atoms with Crippen molar-refractivity contribution in [2.24, 2.45) is 0 Å². The van der Waals surface area contributed by atoms with Gasteiger partial charge >= 0.3 is 0 Å². The van der Waals surface area contributed by atoms with Gasteiger partial charge in [0.2, 0.25) is 0 Å². The number of aromatic hydroxyl groups is 1. The number of hydrogen-bond donors (Lipinski definition) is 2. The Morgan fingerprint density at radius 2 is 1.85 bits per heavy atom. The Kier molecular flexibility index (Phi) is 4.74. The van der Waals surface area contributed by atoms with E-state index in [1.54, 1.807) is 6.07 Å². The van der Waals surface area contributed by atoms with E-state index in [0.29, 0.717) is 5.56 Å². The summed E-state index contributed by atoms with van der Waals surface area (Å²) in [7, 11) is 0. The highest BCUT2D eigenvalue weighted by Crippen LogP contribution is 2.25. The fourth-order valence-electron chi connectivity index (χ4n) is 2.33. The second kappa shape index (κ2) is 6.53. The van der Waals surface area contributed by atoms with Crippen LogP contribution in [0, 0.1) is 5.82 Å². The molecule has 0 saturated heterocycles. The summed E-state index contributed by atoms with van der Waals surface area (Å²) in [5.41, 5.74) is 3.28. The standard InChI is InChI=1S/C17H20FNO/c1-3-13-6-4-5-7-14(13)11-19-12(2)16-9-8-15(18)10-17(16)20/h4-10,12,19-20H,3,11H2,1-2H3. The van der Waals surface area contributed by atoms with Crippen LogP contribution in [0.5, 0.6) is 5.75 Å². The van der Waals surface area contributed by atoms with Crippen LogP contribution in [0.2, 0.25) is 0 Å². The summed E-state index contributed by atoms with van der Waals surface area (Å²) in [6.07, 6.45) is 0.994. The molecule has 0 fully saturated rings. The molecule has 2 nitrogen and oxygen atoms in total. The molecule has 0 spiro atoms. The molecular weight excluding hydrogens is 253 g/mol. The first-order valence-corrected chi connectivity index (χ1v) is 6.90. The van der Waals surface area contributed by atoms with Crippen LogP contribution in [0.3, 0.4) is 0 Å². The van der Waals surface area contributed by atoms with E-state index in [0.717, 1.165) is 19.0 Å². The molecule has 1 unspecified atom stereocenters. The monoisotopic (exact) mass is 273 g/mol. The molecule has 20 heavy (non-hydrogen) atoms. The summed E-state index contributed by atoms with van der Waals surface area (Å²) < 4.78 is 13.0. The van der Waals surface area contributed by atoms with Gasteiger partial charge in [-0.05, 0) is 30.5 Å². The van der Waals surface area contributed by atoms with Crippen molar-refractivity contribution < 1.29 is 9.50 Å². The van der Waals surface area contributed by atoms with E-state index in [2.05, 4.69) is 24.4 Å². The SMILES string of the molecule is CCc1ccccc1CNC(C)c1ccc(F)cc1O. The summed E-state index contributed by atoms with van der Waals surface area (Å²) in [5, 5.41) is 13.1. The van der Waals surface area contributed by atoms with E-state index in [1.807, 2.05) is 19.1 Å². The van der Waals surface area contributed by atoms with Crippen molar-refractivity contribution in [3.63, 3.8) is 0 Å². The first kappa shape index (κ1) is 14.5. The molecule has 106 valence electrons. The van der Waals surface area contributed by atoms with Gasteiger partial charge in [-0.3, -0.25) is 0 Å². The number of phenolic OH excluding ortho intramolecular Hbond substituents is 1. The number of rotatable bonds is 5. The highest BCUT2D eigenvalue weighted by Gasteiger charge is 2.11. The van der Waals surface area contributed by atoms with Gasteiger partial charge in [0, 0.05) is 24.2 Å². The number of halogens is 1. The Bertz CT molecular complexity index is 583. The Balaban J connectivity index is 2.06. The lowest BCUT2D eigenvalue weighted by Gasteiger charge is -2.17. The molecule has 0 saturated carbocycles. The molecule has 0 aromatic heterocycles. The lowest BCUT2D eigenvalue weighted by molar-refractivity contribution is 0.446. The second-order valence-corrected chi connectivity index (χ2v) is 4.93. The van der Waals surface area contributed by atoms with Crippen molar-refractivity contribution in [3.05, 3.63) is 65.0 Å². The zero-order chi connectivity index (χ0) is 14.5. The van der Waals surface area contributed by atoms with Gasteiger partial charge in [0.1, 0.15) is 11.6 Å². The zero-order valence-corrected chi connectivity index (χ0v) is 11.9. The predicted octanol–water partition coefficient (Wildman–Crippen LogP) is 3.94. The molecule has 0 aliphatic heterocycles. The second-order valence-electron chi connectivity index (χ2n) is 4.93. The van der Waals surface area contributed by atoms with Crippen LogP contribution in [-0.4, -0.2) is 5.11 Å². The van der Waals surface area contributed by atoms with E-state index in [4.69, 9.17) is 0 Å². The summed E-state index contributed by atoms with van der Waals surface area (Å²) in [5.74, 6) is -0.427. The number of hydrogen-bond acceptors (Lipinski definition) is 2. The normalized spacial score (nSPS) is 12.3. The first-order valence-electron chi connectivity index (χ1n) is 6.90. The summed E-state index contributed by atoms with van der Waals surface area (Å²) in [6, 6.07) is 12.4. The molecule has 2 rings (SSSR count). The molecular formula is C17H20FNO. The minimum Gasteiger partial charge on any atom is -0.508 e. The molecule has 2 N–H and O–H groups in total. The number of phenols is 1. The van der Waals surface area contributed by atoms with Crippen molar-refractivity contribution >= 4 is 0 Å². The largest absolute Gasteiger partial charge is 0.508 e. The van der Waals surface area contributed by atoms with Gasteiger partial charge in [-0.15, -0.1) is 0 Å². The van der Waals surface area contributed by atoms with Crippen molar-refractivity contribution in [1.82, 2.24) is 5.32 Å². The van der Waals surface area contributed by atoms with Gasteiger partial charge in [0.05, 0.1) is 0 Å². The number of benzene rings is 2. The lowest BCUT2D eigenvalue weighted by Crippen LogP contribution is -2.19. The van der Waals surface area contributed by atoms with Crippen LogP contribution >= 0.6 is 0 Å². The van der Waals surface area contributed by atoms with Crippen molar-refractivity contribution in [1.29, 1.82) is 0 Å². The van der Waals surface area contributed by atoms with Gasteiger partial charge < -0.3 is 10.4 Å². The summed E-state index contributed by atoms with van der Waals surface area (Å²) in [4.78, 5) is 0. The van der Waals surface area contributed by atoms with Crippen LogP contribution in [0.4, 0.5) is 4.39 Å². The minimum absolute atomic E-state index is 0.00576. The molecule has 0 amide bonds. The van der Waals surface area contributed by atoms with Gasteiger partial charge in [0.25, 0.3) is 0 Å². The third kappa shape index (κ3) is 3.36. The van der Waals surface area contributed by atoms with E-state index < -0.39 is 5.82 Å². The highest BCUT2D eigenvalue weighted by atomic mass is 19.1. The number of nitrogens with one attached hydrogen (secondary N) is 1. The molecule has 0 aliphatic carbocycles. The maximum Gasteiger partial charge on any atom is 0.126 e. The molecule has 0 radical (unpaired) electrons. The van der Waals surface area contributed by atoms with Crippen LogP contribution in [0.25, 0.3) is 0 Å². The molecule has 2 aromatic carbocycles. The van der Waals surface area contributed by atoms with Crippen LogP contribution in [0.1, 0.15) is 36.6 Å². The lowest BCUT2D eigenvalue weighted by atomic mass is 10.0. The average molecular weight is 273 g/mol. The minimum atomic E-state index is -0.422. The molecule has 2 aromatic rings. The summed E-state index contributed by atoms with van der Waals surface area (Å²) >= 11 is 0. The van der Waals surface area contributed by atoms with Crippen LogP contribution < -0.4 is 5.32 Å². The predicted molar refractivity (Wildman–Crippen MR) is 79.1 cm³/mol. The van der Waals surface area contributed by atoms with E-state index >= 15 is 0 Å². The Morgan fingerprint density at radius 1 is 1.15 bits per heavy atom. The van der Waals surface area contributed by atoms with Crippen LogP contribution in [0.15, 0.2) is 42.5 Å². The Morgan fingerprint density at radius 3 is 2.50 bits per heavy atom. The van der Waals surface area contributed by atoms with E-state index in [9.17, 15) is 9.50 Å².